The molecule has 4 nitrogen and oxygen atoms in total. The van der Waals surface area contributed by atoms with Crippen molar-refractivity contribution in [1.29, 1.82) is 0 Å². The molecule has 20 heavy (non-hydrogen) atoms. The van der Waals surface area contributed by atoms with Crippen molar-refractivity contribution in [2.45, 2.75) is 17.1 Å². The Hall–Kier alpha value is -1.54. The smallest absolute Gasteiger partial charge is 0.341 e. The van der Waals surface area contributed by atoms with E-state index in [-0.39, 0.29) is 4.90 Å². The van der Waals surface area contributed by atoms with Crippen molar-refractivity contribution in [1.82, 2.24) is 4.98 Å². The minimum Gasteiger partial charge on any atom is -0.385 e. The molecule has 1 aromatic heterocycles. The van der Waals surface area contributed by atoms with Gasteiger partial charge < -0.3 is 5.32 Å². The van der Waals surface area contributed by atoms with Crippen molar-refractivity contribution >= 4 is 26.9 Å². The first kappa shape index (κ1) is 14.9. The van der Waals surface area contributed by atoms with Gasteiger partial charge in [0.2, 0.25) is 9.84 Å². The number of alkyl halides is 2. The molecule has 0 saturated heterocycles. The summed E-state index contributed by atoms with van der Waals surface area (Å²) in [5, 5.41) is 5.02. The molecule has 0 bridgehead atoms. The second kappa shape index (κ2) is 6.27. The van der Waals surface area contributed by atoms with Gasteiger partial charge in [-0.3, -0.25) is 0 Å². The summed E-state index contributed by atoms with van der Waals surface area (Å²) in [5.74, 6) is -3.40. The molecule has 0 radical (unpaired) electrons. The highest BCUT2D eigenvalue weighted by molar-refractivity contribution is 7.91. The van der Waals surface area contributed by atoms with Crippen LogP contribution in [0.2, 0.25) is 0 Å². The Kier molecular flexibility index (Phi) is 4.66. The third-order valence-corrected chi connectivity index (χ3v) is 4.64. The van der Waals surface area contributed by atoms with Crippen molar-refractivity contribution in [3.63, 3.8) is 0 Å². The van der Waals surface area contributed by atoms with Crippen LogP contribution in [0.1, 0.15) is 5.69 Å². The van der Waals surface area contributed by atoms with E-state index in [0.29, 0.717) is 12.2 Å². The van der Waals surface area contributed by atoms with Crippen LogP contribution in [0.4, 0.5) is 14.5 Å². The summed E-state index contributed by atoms with van der Waals surface area (Å²) in [5.41, 5.74) is 3.40. The fraction of sp³-hybridized carbons (Fsp3) is 0.250. The van der Waals surface area contributed by atoms with Crippen LogP contribution >= 0.6 is 11.3 Å². The zero-order chi connectivity index (χ0) is 14.6. The zero-order valence-corrected chi connectivity index (χ0v) is 11.9. The predicted molar refractivity (Wildman–Crippen MR) is 73.9 cm³/mol. The van der Waals surface area contributed by atoms with E-state index < -0.39 is 15.6 Å². The van der Waals surface area contributed by atoms with Crippen molar-refractivity contribution in [2.75, 3.05) is 11.9 Å². The molecular formula is C12H12F2N2O2S2. The maximum atomic E-state index is 12.3. The highest BCUT2D eigenvalue weighted by atomic mass is 32.2. The van der Waals surface area contributed by atoms with Crippen molar-refractivity contribution in [3.8, 4) is 0 Å². The molecule has 0 spiro atoms. The van der Waals surface area contributed by atoms with Crippen LogP contribution in [0.25, 0.3) is 0 Å². The molecule has 8 heteroatoms. The van der Waals surface area contributed by atoms with E-state index in [1.54, 1.807) is 5.51 Å². The second-order valence-electron chi connectivity index (χ2n) is 3.99. The molecule has 1 aromatic carbocycles. The van der Waals surface area contributed by atoms with Gasteiger partial charge in [-0.25, -0.2) is 13.4 Å². The maximum Gasteiger partial charge on any atom is 0.341 e. The number of halogens is 2. The van der Waals surface area contributed by atoms with E-state index in [1.807, 2.05) is 5.38 Å². The molecule has 0 aliphatic carbocycles. The van der Waals surface area contributed by atoms with Gasteiger partial charge in [0, 0.05) is 24.0 Å². The lowest BCUT2D eigenvalue weighted by atomic mass is 10.3. The lowest BCUT2D eigenvalue weighted by Crippen LogP contribution is -2.11. The number of sulfone groups is 1. The van der Waals surface area contributed by atoms with Gasteiger partial charge in [0.25, 0.3) is 0 Å². The third-order valence-electron chi connectivity index (χ3n) is 2.61. The number of nitrogens with one attached hydrogen (secondary N) is 1. The SMILES string of the molecule is O=S(=O)(c1ccc(NCCc2cscn2)cc1)C(F)F. The van der Waals surface area contributed by atoms with Crippen LogP contribution in [-0.4, -0.2) is 25.7 Å². The van der Waals surface area contributed by atoms with E-state index in [9.17, 15) is 17.2 Å². The van der Waals surface area contributed by atoms with Crippen molar-refractivity contribution in [2.24, 2.45) is 0 Å². The maximum absolute atomic E-state index is 12.3. The summed E-state index contributed by atoms with van der Waals surface area (Å²) in [4.78, 5) is 3.75. The Morgan fingerprint density at radius 3 is 2.50 bits per heavy atom. The van der Waals surface area contributed by atoms with Gasteiger partial charge in [-0.1, -0.05) is 0 Å². The lowest BCUT2D eigenvalue weighted by molar-refractivity contribution is 0.234. The van der Waals surface area contributed by atoms with Crippen molar-refractivity contribution < 1.29 is 17.2 Å². The van der Waals surface area contributed by atoms with Crippen LogP contribution in [0.3, 0.4) is 0 Å². The summed E-state index contributed by atoms with van der Waals surface area (Å²) in [6, 6.07) is 5.28. The topological polar surface area (TPSA) is 59.1 Å². The first-order chi connectivity index (χ1) is 9.50. The molecule has 1 N–H and O–H groups in total. The molecule has 2 aromatic rings. The Labute approximate surface area is 119 Å². The summed E-state index contributed by atoms with van der Waals surface area (Å²) in [6.45, 7) is 0.630. The van der Waals surface area contributed by atoms with E-state index >= 15 is 0 Å². The molecule has 0 amide bonds. The molecular weight excluding hydrogens is 306 g/mol. The Bertz CT molecular complexity index is 641. The number of hydrogen-bond donors (Lipinski definition) is 1. The van der Waals surface area contributed by atoms with E-state index in [0.717, 1.165) is 12.1 Å². The van der Waals surface area contributed by atoms with E-state index in [2.05, 4.69) is 10.3 Å². The van der Waals surface area contributed by atoms with Gasteiger partial charge in [-0.15, -0.1) is 11.3 Å². The minimum atomic E-state index is -4.52. The number of rotatable bonds is 6. The molecule has 0 fully saturated rings. The van der Waals surface area contributed by atoms with E-state index in [4.69, 9.17) is 0 Å². The fourth-order valence-electron chi connectivity index (χ4n) is 1.56. The quantitative estimate of drug-likeness (QED) is 0.890. The highest BCUT2D eigenvalue weighted by Gasteiger charge is 2.26. The Balaban J connectivity index is 1.95. The van der Waals surface area contributed by atoms with Gasteiger partial charge in [0.1, 0.15) is 0 Å². The first-order valence-electron chi connectivity index (χ1n) is 5.73. The zero-order valence-electron chi connectivity index (χ0n) is 10.3. The molecule has 0 aliphatic rings. The van der Waals surface area contributed by atoms with Crippen LogP contribution in [0, 0.1) is 0 Å². The first-order valence-corrected chi connectivity index (χ1v) is 8.22. The number of aromatic nitrogens is 1. The van der Waals surface area contributed by atoms with Crippen LogP contribution < -0.4 is 5.32 Å². The Morgan fingerprint density at radius 2 is 1.95 bits per heavy atom. The highest BCUT2D eigenvalue weighted by Crippen LogP contribution is 2.20. The number of hydrogen-bond acceptors (Lipinski definition) is 5. The van der Waals surface area contributed by atoms with E-state index in [1.165, 1.54) is 35.6 Å². The second-order valence-corrected chi connectivity index (χ2v) is 6.62. The van der Waals surface area contributed by atoms with Gasteiger partial charge in [0.05, 0.1) is 16.1 Å². The summed E-state index contributed by atoms with van der Waals surface area (Å²) in [7, 11) is -4.52. The van der Waals surface area contributed by atoms with Gasteiger partial charge >= 0.3 is 5.76 Å². The standard InChI is InChI=1S/C12H12F2N2O2S2/c13-12(14)20(17,18)11-3-1-9(2-4-11)15-6-5-10-7-19-8-16-10/h1-4,7-8,12,15H,5-6H2. The number of thiazole rings is 1. The van der Waals surface area contributed by atoms with Crippen LogP contribution in [-0.2, 0) is 16.3 Å². The number of anilines is 1. The van der Waals surface area contributed by atoms with Crippen LogP contribution in [0.5, 0.6) is 0 Å². The Morgan fingerprint density at radius 1 is 1.25 bits per heavy atom. The lowest BCUT2D eigenvalue weighted by Gasteiger charge is -2.07. The molecule has 2 rings (SSSR count). The molecule has 0 aliphatic heterocycles. The molecule has 0 unspecified atom stereocenters. The predicted octanol–water partition coefficient (Wildman–Crippen LogP) is 2.79. The summed E-state index contributed by atoms with van der Waals surface area (Å²) >= 11 is 1.52. The van der Waals surface area contributed by atoms with Crippen molar-refractivity contribution in [3.05, 3.63) is 40.8 Å². The third kappa shape index (κ3) is 3.51. The van der Waals surface area contributed by atoms with Gasteiger partial charge in [-0.05, 0) is 24.3 Å². The number of nitrogens with zero attached hydrogens (tertiary/aromatic N) is 1. The monoisotopic (exact) mass is 318 g/mol. The molecule has 108 valence electrons. The minimum absolute atomic E-state index is 0.377. The molecule has 0 saturated carbocycles. The largest absolute Gasteiger partial charge is 0.385 e. The average molecular weight is 318 g/mol. The number of benzene rings is 1. The summed E-state index contributed by atoms with van der Waals surface area (Å²) < 4.78 is 47.2. The fourth-order valence-corrected chi connectivity index (χ4v) is 2.88. The summed E-state index contributed by atoms with van der Waals surface area (Å²) in [6.07, 6.45) is 0.737. The van der Waals surface area contributed by atoms with Gasteiger partial charge in [0.15, 0.2) is 0 Å². The van der Waals surface area contributed by atoms with Crippen LogP contribution in [0.15, 0.2) is 40.1 Å². The normalized spacial score (nSPS) is 11.8. The molecule has 0 atom stereocenters. The molecule has 1 heterocycles. The van der Waals surface area contributed by atoms with Gasteiger partial charge in [-0.2, -0.15) is 8.78 Å². The average Bonchev–Trinajstić information content (AvgIpc) is 2.92.